The van der Waals surface area contributed by atoms with Crippen molar-refractivity contribution in [2.24, 2.45) is 0 Å². The smallest absolute Gasteiger partial charge is 0.253 e. The van der Waals surface area contributed by atoms with Crippen LogP contribution in [0.15, 0.2) is 67.0 Å². The molecule has 0 bridgehead atoms. The van der Waals surface area contributed by atoms with Crippen LogP contribution in [0.4, 0.5) is 0 Å². The van der Waals surface area contributed by atoms with Crippen LogP contribution >= 0.6 is 0 Å². The summed E-state index contributed by atoms with van der Waals surface area (Å²) >= 11 is 0. The molecule has 4 aromatic rings. The number of carbonyl (C=O) groups is 1. The van der Waals surface area contributed by atoms with Gasteiger partial charge in [-0.05, 0) is 42.9 Å². The molecule has 2 aromatic heterocycles. The minimum absolute atomic E-state index is 0.0795. The van der Waals surface area contributed by atoms with Crippen molar-refractivity contribution >= 4 is 16.9 Å². The molecule has 7 nitrogen and oxygen atoms in total. The van der Waals surface area contributed by atoms with Crippen LogP contribution in [-0.2, 0) is 0 Å². The summed E-state index contributed by atoms with van der Waals surface area (Å²) in [6.07, 6.45) is 3.70. The Labute approximate surface area is 218 Å². The van der Waals surface area contributed by atoms with Crippen molar-refractivity contribution in [2.75, 3.05) is 52.4 Å². The Morgan fingerprint density at radius 1 is 0.973 bits per heavy atom. The van der Waals surface area contributed by atoms with Gasteiger partial charge in [-0.25, -0.2) is 4.98 Å². The van der Waals surface area contributed by atoms with Gasteiger partial charge in [0.1, 0.15) is 11.4 Å². The fraction of sp³-hybridized carbons (Fsp3) is 0.333. The third-order valence-electron chi connectivity index (χ3n) is 7.45. The van der Waals surface area contributed by atoms with Gasteiger partial charge in [-0.1, -0.05) is 44.2 Å². The molecule has 0 spiro atoms. The van der Waals surface area contributed by atoms with Crippen LogP contribution in [0, 0.1) is 0 Å². The van der Waals surface area contributed by atoms with Crippen molar-refractivity contribution in [3.63, 3.8) is 0 Å². The Bertz CT molecular complexity index is 1370. The quantitative estimate of drug-likeness (QED) is 0.369. The van der Waals surface area contributed by atoms with E-state index in [0.717, 1.165) is 85.6 Å². The van der Waals surface area contributed by atoms with E-state index in [-0.39, 0.29) is 11.7 Å². The minimum Gasteiger partial charge on any atom is -0.507 e. The van der Waals surface area contributed by atoms with Crippen molar-refractivity contribution < 1.29 is 9.90 Å². The summed E-state index contributed by atoms with van der Waals surface area (Å²) in [5.41, 5.74) is 4.99. The molecule has 0 atom stereocenters. The van der Waals surface area contributed by atoms with E-state index in [1.54, 1.807) is 6.07 Å². The van der Waals surface area contributed by atoms with Crippen molar-refractivity contribution in [2.45, 2.75) is 13.8 Å². The lowest BCUT2D eigenvalue weighted by molar-refractivity contribution is 0.0625. The zero-order valence-corrected chi connectivity index (χ0v) is 21.7. The molecule has 1 saturated heterocycles. The Kier molecular flexibility index (Phi) is 7.53. The molecular formula is C30H35N5O2. The number of aromatic amines is 1. The Morgan fingerprint density at radius 2 is 1.76 bits per heavy atom. The van der Waals surface area contributed by atoms with Gasteiger partial charge in [-0.3, -0.25) is 9.69 Å². The lowest BCUT2D eigenvalue weighted by atomic mass is 10.0. The fourth-order valence-corrected chi connectivity index (χ4v) is 5.10. The first-order valence-electron chi connectivity index (χ1n) is 13.2. The van der Waals surface area contributed by atoms with E-state index < -0.39 is 0 Å². The molecule has 1 amide bonds. The molecule has 2 N–H and O–H groups in total. The van der Waals surface area contributed by atoms with E-state index in [2.05, 4.69) is 39.7 Å². The highest BCUT2D eigenvalue weighted by Gasteiger charge is 2.22. The van der Waals surface area contributed by atoms with Crippen molar-refractivity contribution in [3.8, 4) is 28.0 Å². The highest BCUT2D eigenvalue weighted by atomic mass is 16.3. The van der Waals surface area contributed by atoms with Crippen LogP contribution in [0.25, 0.3) is 33.3 Å². The third-order valence-corrected chi connectivity index (χ3v) is 7.45. The SMILES string of the molecule is CCN(CC)CCN1CCN(C(=O)c2cccc(-c3cnc4[nH]cc(-c5ccccc5O)c4c3)c2)CC1. The van der Waals surface area contributed by atoms with Gasteiger partial charge in [0.15, 0.2) is 0 Å². The van der Waals surface area contributed by atoms with Crippen LogP contribution in [0.5, 0.6) is 5.75 Å². The maximum atomic E-state index is 13.3. The highest BCUT2D eigenvalue weighted by molar-refractivity contribution is 5.98. The molecule has 0 radical (unpaired) electrons. The van der Waals surface area contributed by atoms with Crippen LogP contribution in [0.1, 0.15) is 24.2 Å². The number of piperazine rings is 1. The molecular weight excluding hydrogens is 462 g/mol. The van der Waals surface area contributed by atoms with E-state index in [1.807, 2.05) is 59.8 Å². The fourth-order valence-electron chi connectivity index (χ4n) is 5.10. The number of phenols is 1. The number of likely N-dealkylation sites (N-methyl/N-ethyl adjacent to an activating group) is 1. The molecule has 2 aromatic carbocycles. The topological polar surface area (TPSA) is 75.7 Å². The molecule has 0 unspecified atom stereocenters. The number of hydrogen-bond donors (Lipinski definition) is 2. The first-order chi connectivity index (χ1) is 18.1. The largest absolute Gasteiger partial charge is 0.507 e. The second kappa shape index (κ2) is 11.2. The average Bonchev–Trinajstić information content (AvgIpc) is 3.37. The number of amides is 1. The van der Waals surface area contributed by atoms with Gasteiger partial charge >= 0.3 is 0 Å². The summed E-state index contributed by atoms with van der Waals surface area (Å²) in [5.74, 6) is 0.311. The maximum absolute atomic E-state index is 13.3. The lowest BCUT2D eigenvalue weighted by Crippen LogP contribution is -2.50. The number of fused-ring (bicyclic) bond motifs is 1. The second-order valence-electron chi connectivity index (χ2n) is 9.58. The molecule has 0 aliphatic carbocycles. The number of H-pyrrole nitrogens is 1. The number of benzene rings is 2. The van der Waals surface area contributed by atoms with Gasteiger partial charge in [0.2, 0.25) is 0 Å². The molecule has 192 valence electrons. The number of para-hydroxylation sites is 1. The van der Waals surface area contributed by atoms with Gasteiger partial charge in [0, 0.05) is 79.3 Å². The molecule has 1 fully saturated rings. The van der Waals surface area contributed by atoms with E-state index >= 15 is 0 Å². The molecule has 37 heavy (non-hydrogen) atoms. The summed E-state index contributed by atoms with van der Waals surface area (Å²) < 4.78 is 0. The summed E-state index contributed by atoms with van der Waals surface area (Å²) in [4.78, 5) is 28.0. The van der Waals surface area contributed by atoms with Gasteiger partial charge in [-0.2, -0.15) is 0 Å². The minimum atomic E-state index is 0.0795. The predicted octanol–water partition coefficient (Wildman–Crippen LogP) is 4.70. The van der Waals surface area contributed by atoms with Crippen molar-refractivity contribution in [3.05, 3.63) is 72.6 Å². The second-order valence-corrected chi connectivity index (χ2v) is 9.58. The molecule has 3 heterocycles. The Morgan fingerprint density at radius 3 is 2.51 bits per heavy atom. The number of hydrogen-bond acceptors (Lipinski definition) is 5. The predicted molar refractivity (Wildman–Crippen MR) is 149 cm³/mol. The summed E-state index contributed by atoms with van der Waals surface area (Å²) in [7, 11) is 0. The van der Waals surface area contributed by atoms with Crippen LogP contribution < -0.4 is 0 Å². The maximum Gasteiger partial charge on any atom is 0.253 e. The molecule has 1 aliphatic heterocycles. The lowest BCUT2D eigenvalue weighted by Gasteiger charge is -2.35. The van der Waals surface area contributed by atoms with Crippen molar-refractivity contribution in [1.82, 2.24) is 24.7 Å². The monoisotopic (exact) mass is 497 g/mol. The number of nitrogens with zero attached hydrogens (tertiary/aromatic N) is 4. The standard InChI is InChI=1S/C30H35N5O2/c1-3-33(4-2)12-13-34-14-16-35(17-15-34)30(37)23-9-7-8-22(18-23)24-19-26-27(21-32-29(26)31-20-24)25-10-5-6-11-28(25)36/h5-11,18-21,36H,3-4,12-17H2,1-2H3,(H,31,32). The average molecular weight is 498 g/mol. The Hall–Kier alpha value is -3.68. The molecule has 0 saturated carbocycles. The first-order valence-corrected chi connectivity index (χ1v) is 13.2. The number of rotatable bonds is 8. The highest BCUT2D eigenvalue weighted by Crippen LogP contribution is 2.35. The number of carbonyl (C=O) groups excluding carboxylic acids is 1. The zero-order chi connectivity index (χ0) is 25.8. The number of phenolic OH excluding ortho intramolecular Hbond substituents is 1. The van der Waals surface area contributed by atoms with Crippen LogP contribution in [-0.4, -0.2) is 88.0 Å². The molecule has 5 rings (SSSR count). The normalized spacial score (nSPS) is 14.5. The van der Waals surface area contributed by atoms with Crippen molar-refractivity contribution in [1.29, 1.82) is 0 Å². The van der Waals surface area contributed by atoms with Crippen LogP contribution in [0.3, 0.4) is 0 Å². The van der Waals surface area contributed by atoms with Gasteiger partial charge < -0.3 is 19.9 Å². The van der Waals surface area contributed by atoms with E-state index in [9.17, 15) is 9.90 Å². The zero-order valence-electron chi connectivity index (χ0n) is 21.7. The third kappa shape index (κ3) is 5.38. The summed E-state index contributed by atoms with van der Waals surface area (Å²) in [5, 5.41) is 11.3. The summed E-state index contributed by atoms with van der Waals surface area (Å²) in [6, 6.07) is 17.2. The van der Waals surface area contributed by atoms with E-state index in [0.29, 0.717) is 5.56 Å². The number of pyridine rings is 1. The number of nitrogens with one attached hydrogen (secondary N) is 1. The van der Waals surface area contributed by atoms with Crippen LogP contribution in [0.2, 0.25) is 0 Å². The number of aromatic hydroxyl groups is 1. The Balaban J connectivity index is 1.31. The first kappa shape index (κ1) is 25.0. The van der Waals surface area contributed by atoms with E-state index in [1.165, 1.54) is 0 Å². The molecule has 1 aliphatic rings. The van der Waals surface area contributed by atoms with E-state index in [4.69, 9.17) is 0 Å². The van der Waals surface area contributed by atoms with Gasteiger partial charge in [0.25, 0.3) is 5.91 Å². The summed E-state index contributed by atoms with van der Waals surface area (Å²) in [6.45, 7) is 12.0. The number of aromatic nitrogens is 2. The molecule has 7 heteroatoms. The van der Waals surface area contributed by atoms with Gasteiger partial charge in [0.05, 0.1) is 0 Å². The van der Waals surface area contributed by atoms with Gasteiger partial charge in [-0.15, -0.1) is 0 Å².